The van der Waals surface area contributed by atoms with Gasteiger partial charge in [0.25, 0.3) is 0 Å². The maximum Gasteiger partial charge on any atom is 0.490 e. The molecule has 11 heteroatoms. The number of hydrogen-bond acceptors (Lipinski definition) is 6. The van der Waals surface area contributed by atoms with Gasteiger partial charge >= 0.3 is 18.1 Å². The van der Waals surface area contributed by atoms with Crippen LogP contribution in [0.15, 0.2) is 18.5 Å². The van der Waals surface area contributed by atoms with Crippen molar-refractivity contribution in [2.45, 2.75) is 12.6 Å². The number of halogens is 3. The summed E-state index contributed by atoms with van der Waals surface area (Å²) in [5.74, 6) is -2.34. The fourth-order valence-corrected chi connectivity index (χ4v) is 2.18. The molecule has 0 unspecified atom stereocenters. The summed E-state index contributed by atoms with van der Waals surface area (Å²) in [7, 11) is 4.95. The van der Waals surface area contributed by atoms with E-state index >= 15 is 0 Å². The average molecular weight is 391 g/mol. The Bertz CT molecular complexity index is 789. The molecule has 150 valence electrons. The number of carbonyl (C=O) groups excluding carboxylic acids is 1. The molecule has 2 heterocycles. The molecule has 0 radical (unpaired) electrons. The van der Waals surface area contributed by atoms with Gasteiger partial charge in [-0.2, -0.15) is 13.2 Å². The maximum atomic E-state index is 11.8. The third-order valence-electron chi connectivity index (χ3n) is 3.36. The number of ether oxygens (including phenoxy) is 2. The number of aryl methyl sites for hydroxylation is 1. The lowest BCUT2D eigenvalue weighted by atomic mass is 10.2. The number of rotatable bonds is 6. The van der Waals surface area contributed by atoms with Crippen molar-refractivity contribution in [1.29, 1.82) is 0 Å². The van der Waals surface area contributed by atoms with E-state index < -0.39 is 12.1 Å². The van der Waals surface area contributed by atoms with Crippen LogP contribution in [0, 0.1) is 0 Å². The van der Waals surface area contributed by atoms with Gasteiger partial charge < -0.3 is 24.5 Å². The van der Waals surface area contributed by atoms with Gasteiger partial charge in [-0.3, -0.25) is 0 Å². The minimum atomic E-state index is -5.08. The Hall–Kier alpha value is -2.82. The van der Waals surface area contributed by atoms with Gasteiger partial charge in [-0.15, -0.1) is 0 Å². The fraction of sp³-hybridized carbons (Fsp3) is 0.438. The van der Waals surface area contributed by atoms with E-state index in [1.54, 1.807) is 19.5 Å². The molecular weight excluding hydrogens is 371 g/mol. The summed E-state index contributed by atoms with van der Waals surface area (Å²) in [4.78, 5) is 25.0. The van der Waals surface area contributed by atoms with E-state index in [0.717, 1.165) is 29.7 Å². The largest absolute Gasteiger partial charge is 0.490 e. The number of esters is 1. The van der Waals surface area contributed by atoms with Crippen LogP contribution >= 0.6 is 0 Å². The predicted octanol–water partition coefficient (Wildman–Crippen LogP) is 2.44. The molecule has 0 saturated carbocycles. The van der Waals surface area contributed by atoms with Gasteiger partial charge in [-0.25, -0.2) is 14.6 Å². The van der Waals surface area contributed by atoms with Crippen LogP contribution in [0.1, 0.15) is 16.8 Å². The molecular formula is C16H20F3N3O5. The average Bonchev–Trinajstić information content (AvgIpc) is 2.95. The number of aromatic nitrogens is 2. The third-order valence-corrected chi connectivity index (χ3v) is 3.36. The molecule has 2 aromatic heterocycles. The first kappa shape index (κ1) is 22.2. The van der Waals surface area contributed by atoms with Gasteiger partial charge in [0.05, 0.1) is 18.2 Å². The topological polar surface area (TPSA) is 103 Å². The summed E-state index contributed by atoms with van der Waals surface area (Å²) in [6, 6.07) is 1.82. The van der Waals surface area contributed by atoms with Gasteiger partial charge in [0, 0.05) is 45.1 Å². The van der Waals surface area contributed by atoms with E-state index in [9.17, 15) is 18.0 Å². The summed E-state index contributed by atoms with van der Waals surface area (Å²) in [6.45, 7) is 1.46. The molecule has 0 aliphatic carbocycles. The van der Waals surface area contributed by atoms with Gasteiger partial charge in [0.15, 0.2) is 5.82 Å². The van der Waals surface area contributed by atoms with Crippen LogP contribution in [-0.2, 0) is 21.3 Å². The lowest BCUT2D eigenvalue weighted by Crippen LogP contribution is -2.21. The van der Waals surface area contributed by atoms with Crippen LogP contribution in [0.2, 0.25) is 0 Å². The third kappa shape index (κ3) is 6.13. The first-order chi connectivity index (χ1) is 12.6. The van der Waals surface area contributed by atoms with Crippen molar-refractivity contribution in [3.63, 3.8) is 0 Å². The molecule has 0 saturated heterocycles. The highest BCUT2D eigenvalue weighted by Gasteiger charge is 2.38. The van der Waals surface area contributed by atoms with E-state index in [-0.39, 0.29) is 5.97 Å². The summed E-state index contributed by atoms with van der Waals surface area (Å²) in [5.41, 5.74) is 1.44. The number of aliphatic carboxylic acids is 1. The minimum absolute atomic E-state index is 0.341. The lowest BCUT2D eigenvalue weighted by molar-refractivity contribution is -0.192. The zero-order valence-electron chi connectivity index (χ0n) is 15.0. The Labute approximate surface area is 152 Å². The number of alkyl halides is 3. The van der Waals surface area contributed by atoms with E-state index in [4.69, 9.17) is 19.4 Å². The monoisotopic (exact) mass is 391 g/mol. The number of anilines is 1. The van der Waals surface area contributed by atoms with Crippen LogP contribution in [0.25, 0.3) is 10.9 Å². The van der Waals surface area contributed by atoms with Crippen molar-refractivity contribution in [2.75, 3.05) is 32.7 Å². The van der Waals surface area contributed by atoms with Crippen LogP contribution < -0.4 is 5.32 Å². The van der Waals surface area contributed by atoms with Gasteiger partial charge in [-0.05, 0) is 12.5 Å². The number of hydrogen-bond donors (Lipinski definition) is 2. The molecule has 2 N–H and O–H groups in total. The quantitative estimate of drug-likeness (QED) is 0.576. The van der Waals surface area contributed by atoms with Gasteiger partial charge in [-0.1, -0.05) is 0 Å². The smallest absolute Gasteiger partial charge is 0.475 e. The molecule has 0 bridgehead atoms. The number of methoxy groups -OCH3 is 2. The first-order valence-electron chi connectivity index (χ1n) is 7.68. The van der Waals surface area contributed by atoms with E-state index in [0.29, 0.717) is 12.2 Å². The van der Waals surface area contributed by atoms with Crippen molar-refractivity contribution in [3.05, 3.63) is 24.0 Å². The predicted molar refractivity (Wildman–Crippen MR) is 90.7 cm³/mol. The summed E-state index contributed by atoms with van der Waals surface area (Å²) in [6.07, 6.45) is -0.741. The first-order valence-corrected chi connectivity index (χ1v) is 7.68. The Morgan fingerprint density at radius 3 is 2.48 bits per heavy atom. The molecule has 0 aliphatic heterocycles. The minimum Gasteiger partial charge on any atom is -0.475 e. The SMILES string of the molecule is COCCCNc1nccc2c(C(=O)OC)cn(C)c12.O=C(O)C(F)(F)F. The molecule has 0 atom stereocenters. The number of carboxylic acids is 1. The molecule has 0 fully saturated rings. The van der Waals surface area contributed by atoms with Crippen LogP contribution in [-0.4, -0.2) is 60.1 Å². The number of pyridine rings is 1. The van der Waals surface area contributed by atoms with Crippen LogP contribution in [0.4, 0.5) is 19.0 Å². The highest BCUT2D eigenvalue weighted by Crippen LogP contribution is 2.26. The molecule has 27 heavy (non-hydrogen) atoms. The van der Waals surface area contributed by atoms with Crippen LogP contribution in [0.5, 0.6) is 0 Å². The second-order valence-electron chi connectivity index (χ2n) is 5.28. The molecule has 0 amide bonds. The Morgan fingerprint density at radius 2 is 1.96 bits per heavy atom. The van der Waals surface area contributed by atoms with Gasteiger partial charge in [0.2, 0.25) is 0 Å². The summed E-state index contributed by atoms with van der Waals surface area (Å²) in [5, 5.41) is 11.2. The van der Waals surface area contributed by atoms with Crippen molar-refractivity contribution in [1.82, 2.24) is 9.55 Å². The number of nitrogens with zero attached hydrogens (tertiary/aromatic N) is 2. The zero-order valence-corrected chi connectivity index (χ0v) is 15.0. The number of fused-ring (bicyclic) bond motifs is 1. The van der Waals surface area contributed by atoms with E-state index in [1.165, 1.54) is 7.11 Å². The van der Waals surface area contributed by atoms with Crippen LogP contribution in [0.3, 0.4) is 0 Å². The van der Waals surface area contributed by atoms with Crippen molar-refractivity contribution >= 4 is 28.7 Å². The zero-order chi connectivity index (χ0) is 20.6. The number of carbonyl (C=O) groups is 2. The van der Waals surface area contributed by atoms with Gasteiger partial charge in [0.1, 0.15) is 0 Å². The van der Waals surface area contributed by atoms with Crippen molar-refractivity contribution in [3.8, 4) is 0 Å². The molecule has 0 aliphatic rings. The highest BCUT2D eigenvalue weighted by molar-refractivity contribution is 6.06. The molecule has 0 spiro atoms. The molecule has 0 aromatic carbocycles. The molecule has 8 nitrogen and oxygen atoms in total. The summed E-state index contributed by atoms with van der Waals surface area (Å²) >= 11 is 0. The molecule has 2 aromatic rings. The Kier molecular flexibility index (Phi) is 8.03. The summed E-state index contributed by atoms with van der Waals surface area (Å²) < 4.78 is 43.4. The highest BCUT2D eigenvalue weighted by atomic mass is 19.4. The molecule has 2 rings (SSSR count). The fourth-order valence-electron chi connectivity index (χ4n) is 2.18. The lowest BCUT2D eigenvalue weighted by Gasteiger charge is -2.08. The van der Waals surface area contributed by atoms with E-state index in [2.05, 4.69) is 10.3 Å². The number of carboxylic acid groups (broad SMARTS) is 1. The normalized spacial score (nSPS) is 10.9. The Morgan fingerprint density at radius 1 is 1.33 bits per heavy atom. The number of nitrogens with one attached hydrogen (secondary N) is 1. The standard InChI is InChI=1S/C14H19N3O3.C2HF3O2/c1-17-9-11(14(18)20-3)10-5-7-16-13(12(10)17)15-6-4-8-19-2;3-2(4,5)1(6)7/h5,7,9H,4,6,8H2,1-3H3,(H,15,16);(H,6,7). The van der Waals surface area contributed by atoms with Crippen molar-refractivity contribution < 1.29 is 37.3 Å². The maximum absolute atomic E-state index is 11.8. The van der Waals surface area contributed by atoms with Crippen molar-refractivity contribution in [2.24, 2.45) is 7.05 Å². The Balaban J connectivity index is 0.000000445. The second-order valence-corrected chi connectivity index (χ2v) is 5.28. The van der Waals surface area contributed by atoms with E-state index in [1.807, 2.05) is 17.7 Å². The second kappa shape index (κ2) is 9.76.